The van der Waals surface area contributed by atoms with Crippen molar-refractivity contribution in [2.24, 2.45) is 17.3 Å². The van der Waals surface area contributed by atoms with E-state index >= 15 is 0 Å². The van der Waals surface area contributed by atoms with Gasteiger partial charge in [-0.15, -0.1) is 0 Å². The molecule has 1 saturated carbocycles. The second-order valence-electron chi connectivity index (χ2n) is 9.59. The van der Waals surface area contributed by atoms with E-state index in [4.69, 9.17) is 0 Å². The molecule has 0 radical (unpaired) electrons. The van der Waals surface area contributed by atoms with Crippen LogP contribution in [0.15, 0.2) is 24.3 Å². The van der Waals surface area contributed by atoms with Gasteiger partial charge in [0.05, 0.1) is 0 Å². The molecule has 0 amide bonds. The Bertz CT molecular complexity index is 618. The van der Waals surface area contributed by atoms with Crippen molar-refractivity contribution in [2.75, 3.05) is 0 Å². The molecule has 0 spiro atoms. The van der Waals surface area contributed by atoms with Gasteiger partial charge in [-0.05, 0) is 80.8 Å². The normalized spacial score (nSPS) is 24.4. The Morgan fingerprint density at radius 3 is 2.30 bits per heavy atom. The van der Waals surface area contributed by atoms with Gasteiger partial charge < -0.3 is 4.79 Å². The van der Waals surface area contributed by atoms with Gasteiger partial charge in [0.25, 0.3) is 0 Å². The molecule has 0 heterocycles. The number of ketones is 1. The molecule has 0 aliphatic heterocycles. The number of hydrogen-bond acceptors (Lipinski definition) is 2. The highest BCUT2D eigenvalue weighted by Crippen LogP contribution is 2.43. The van der Waals surface area contributed by atoms with E-state index in [2.05, 4.69) is 52.0 Å². The fraction of sp³-hybridized carbons (Fsp3) is 0.680. The summed E-state index contributed by atoms with van der Waals surface area (Å²) in [5.74, 6) is 1.06. The van der Waals surface area contributed by atoms with Crippen LogP contribution in [0.1, 0.15) is 90.7 Å². The lowest BCUT2D eigenvalue weighted by Crippen LogP contribution is -2.35. The molecule has 1 aliphatic carbocycles. The van der Waals surface area contributed by atoms with Gasteiger partial charge in [-0.2, -0.15) is 0 Å². The van der Waals surface area contributed by atoms with Crippen molar-refractivity contribution < 1.29 is 9.59 Å². The highest BCUT2D eigenvalue weighted by Gasteiger charge is 2.39. The third-order valence-electron chi connectivity index (χ3n) is 7.25. The molecule has 0 N–H and O–H groups in total. The van der Waals surface area contributed by atoms with Crippen molar-refractivity contribution in [1.29, 1.82) is 0 Å². The lowest BCUT2D eigenvalue weighted by molar-refractivity contribution is -0.130. The topological polar surface area (TPSA) is 34.1 Å². The second-order valence-corrected chi connectivity index (χ2v) is 9.59. The van der Waals surface area contributed by atoms with Crippen LogP contribution in [-0.4, -0.2) is 12.1 Å². The van der Waals surface area contributed by atoms with Crippen LogP contribution in [0, 0.1) is 17.3 Å². The molecule has 1 fully saturated rings. The molecule has 1 atom stereocenters. The summed E-state index contributed by atoms with van der Waals surface area (Å²) in [5.41, 5.74) is 2.85. The number of carbonyl (C=O) groups is 2. The fourth-order valence-corrected chi connectivity index (χ4v) is 4.43. The highest BCUT2D eigenvalue weighted by atomic mass is 16.1. The molecule has 2 heteroatoms. The highest BCUT2D eigenvalue weighted by molar-refractivity contribution is 5.82. The van der Waals surface area contributed by atoms with Crippen molar-refractivity contribution >= 4 is 12.1 Å². The number of benzene rings is 1. The summed E-state index contributed by atoms with van der Waals surface area (Å²) in [5, 5.41) is 0. The van der Waals surface area contributed by atoms with Crippen LogP contribution < -0.4 is 0 Å². The number of carbonyl (C=O) groups excluding carboxylic acids is 2. The third-order valence-corrected chi connectivity index (χ3v) is 7.25. The van der Waals surface area contributed by atoms with Gasteiger partial charge in [-0.25, -0.2) is 0 Å². The van der Waals surface area contributed by atoms with E-state index in [9.17, 15) is 9.59 Å². The monoisotopic (exact) mass is 370 g/mol. The predicted octanol–water partition coefficient (Wildman–Crippen LogP) is 6.30. The van der Waals surface area contributed by atoms with Crippen LogP contribution in [-0.2, 0) is 21.4 Å². The zero-order chi connectivity index (χ0) is 20.1. The minimum Gasteiger partial charge on any atom is -0.303 e. The lowest BCUT2D eigenvalue weighted by Gasteiger charge is -2.37. The van der Waals surface area contributed by atoms with E-state index in [0.29, 0.717) is 11.7 Å². The van der Waals surface area contributed by atoms with Gasteiger partial charge in [0.2, 0.25) is 0 Å². The quantitative estimate of drug-likeness (QED) is 0.478. The average molecular weight is 371 g/mol. The standard InChI is InChI=1S/C25H38O2/c1-6-24(4,5)23-9-7-21(8-10-23)17-19(2)11-14-25(20(3)27)15-12-22(18-26)13-16-25/h7-10,18-19,22H,6,11-17H2,1-5H3. The fourth-order valence-electron chi connectivity index (χ4n) is 4.43. The van der Waals surface area contributed by atoms with Gasteiger partial charge in [0.1, 0.15) is 12.1 Å². The van der Waals surface area contributed by atoms with E-state index in [1.807, 2.05) is 0 Å². The van der Waals surface area contributed by atoms with Gasteiger partial charge >= 0.3 is 0 Å². The lowest BCUT2D eigenvalue weighted by atomic mass is 9.65. The predicted molar refractivity (Wildman–Crippen MR) is 113 cm³/mol. The van der Waals surface area contributed by atoms with Gasteiger partial charge in [-0.1, -0.05) is 52.0 Å². The van der Waals surface area contributed by atoms with Crippen LogP contribution in [0.2, 0.25) is 0 Å². The van der Waals surface area contributed by atoms with Crippen LogP contribution in [0.3, 0.4) is 0 Å². The summed E-state index contributed by atoms with van der Waals surface area (Å²) < 4.78 is 0. The molecule has 150 valence electrons. The Labute approximate surface area is 166 Å². The van der Waals surface area contributed by atoms with Crippen molar-refractivity contribution in [2.45, 2.75) is 91.4 Å². The summed E-state index contributed by atoms with van der Waals surface area (Å²) in [6.07, 6.45) is 8.87. The van der Waals surface area contributed by atoms with Crippen molar-refractivity contribution in [3.05, 3.63) is 35.4 Å². The molecule has 0 saturated heterocycles. The minimum atomic E-state index is -0.178. The summed E-state index contributed by atoms with van der Waals surface area (Å²) in [6, 6.07) is 9.12. The zero-order valence-electron chi connectivity index (χ0n) is 18.0. The number of Topliss-reactive ketones (excluding diaryl/α,β-unsaturated/α-hetero) is 1. The summed E-state index contributed by atoms with van der Waals surface area (Å²) in [4.78, 5) is 23.4. The van der Waals surface area contributed by atoms with Crippen LogP contribution in [0.25, 0.3) is 0 Å². The molecule has 0 bridgehead atoms. The maximum atomic E-state index is 12.4. The first-order chi connectivity index (χ1) is 12.7. The van der Waals surface area contributed by atoms with Crippen LogP contribution >= 0.6 is 0 Å². The van der Waals surface area contributed by atoms with Crippen molar-refractivity contribution in [3.8, 4) is 0 Å². The molecule has 1 aliphatic rings. The van der Waals surface area contributed by atoms with E-state index in [0.717, 1.165) is 57.7 Å². The molecule has 27 heavy (non-hydrogen) atoms. The summed E-state index contributed by atoms with van der Waals surface area (Å²) in [6.45, 7) is 10.9. The van der Waals surface area contributed by atoms with Crippen molar-refractivity contribution in [1.82, 2.24) is 0 Å². The first kappa shape index (κ1) is 21.9. The zero-order valence-corrected chi connectivity index (χ0v) is 18.0. The van der Waals surface area contributed by atoms with E-state index in [-0.39, 0.29) is 16.7 Å². The third kappa shape index (κ3) is 5.53. The first-order valence-electron chi connectivity index (χ1n) is 10.8. The maximum absolute atomic E-state index is 12.4. The Morgan fingerprint density at radius 1 is 1.22 bits per heavy atom. The van der Waals surface area contributed by atoms with E-state index < -0.39 is 0 Å². The Hall–Kier alpha value is -1.44. The van der Waals surface area contributed by atoms with Crippen LogP contribution in [0.4, 0.5) is 0 Å². The van der Waals surface area contributed by atoms with Gasteiger partial charge in [0, 0.05) is 11.3 Å². The molecule has 2 rings (SSSR count). The van der Waals surface area contributed by atoms with E-state index in [1.54, 1.807) is 6.92 Å². The molecule has 0 aromatic heterocycles. The molecule has 1 unspecified atom stereocenters. The molecule has 1 aromatic rings. The molecular weight excluding hydrogens is 332 g/mol. The minimum absolute atomic E-state index is 0.167. The average Bonchev–Trinajstić information content (AvgIpc) is 2.67. The van der Waals surface area contributed by atoms with Gasteiger partial charge in [-0.3, -0.25) is 4.79 Å². The Kier molecular flexibility index (Phi) is 7.42. The smallest absolute Gasteiger partial charge is 0.135 e. The molecule has 2 nitrogen and oxygen atoms in total. The van der Waals surface area contributed by atoms with Crippen molar-refractivity contribution in [3.63, 3.8) is 0 Å². The van der Waals surface area contributed by atoms with Crippen LogP contribution in [0.5, 0.6) is 0 Å². The van der Waals surface area contributed by atoms with E-state index in [1.165, 1.54) is 11.1 Å². The number of rotatable bonds is 9. The first-order valence-corrected chi connectivity index (χ1v) is 10.8. The largest absolute Gasteiger partial charge is 0.303 e. The SMILES string of the molecule is CCC(C)(C)c1ccc(CC(C)CCC2(C(C)=O)CCC(C=O)CC2)cc1. The maximum Gasteiger partial charge on any atom is 0.135 e. The number of aldehydes is 1. The second kappa shape index (κ2) is 9.17. The van der Waals surface area contributed by atoms with Gasteiger partial charge in [0.15, 0.2) is 0 Å². The Morgan fingerprint density at radius 2 is 1.81 bits per heavy atom. The summed E-state index contributed by atoms with van der Waals surface area (Å²) >= 11 is 0. The summed E-state index contributed by atoms with van der Waals surface area (Å²) in [7, 11) is 0. The Balaban J connectivity index is 1.92. The molecular formula is C25H38O2. The number of hydrogen-bond donors (Lipinski definition) is 0. The molecule has 1 aromatic carbocycles.